The highest BCUT2D eigenvalue weighted by Crippen LogP contribution is 2.13. The Kier molecular flexibility index (Phi) is 5.81. The van der Waals surface area contributed by atoms with Crippen LogP contribution in [-0.2, 0) is 13.1 Å². The molecular formula is C22H22FN3O. The van der Waals surface area contributed by atoms with Gasteiger partial charge in [0.05, 0.1) is 6.54 Å². The molecule has 0 atom stereocenters. The summed E-state index contributed by atoms with van der Waals surface area (Å²) in [5.41, 5.74) is 2.82. The van der Waals surface area contributed by atoms with Gasteiger partial charge >= 0.3 is 0 Å². The molecule has 1 heterocycles. The first-order valence-electron chi connectivity index (χ1n) is 8.78. The molecule has 0 saturated heterocycles. The van der Waals surface area contributed by atoms with Gasteiger partial charge in [0.2, 0.25) is 0 Å². The number of rotatable bonds is 7. The number of aryl methyl sites for hydroxylation is 1. The third-order valence-electron chi connectivity index (χ3n) is 4.30. The molecule has 0 aliphatic heterocycles. The predicted octanol–water partition coefficient (Wildman–Crippen LogP) is 4.21. The van der Waals surface area contributed by atoms with Crippen molar-refractivity contribution in [1.82, 2.24) is 14.5 Å². The van der Waals surface area contributed by atoms with Crippen LogP contribution in [0.5, 0.6) is 0 Å². The summed E-state index contributed by atoms with van der Waals surface area (Å²) in [7, 11) is 0. The zero-order chi connectivity index (χ0) is 19.2. The van der Waals surface area contributed by atoms with Gasteiger partial charge in [-0.1, -0.05) is 35.9 Å². The van der Waals surface area contributed by atoms with Crippen LogP contribution < -0.4 is 0 Å². The Labute approximate surface area is 158 Å². The summed E-state index contributed by atoms with van der Waals surface area (Å²) in [5, 5.41) is 0. The molecule has 0 aliphatic rings. The fraction of sp³-hybridized carbons (Fsp3) is 0.182. The predicted molar refractivity (Wildman–Crippen MR) is 104 cm³/mol. The van der Waals surface area contributed by atoms with E-state index >= 15 is 0 Å². The largest absolute Gasteiger partial charge is 0.329 e. The van der Waals surface area contributed by atoms with Crippen molar-refractivity contribution in [3.8, 4) is 0 Å². The standard InChI is InChI=1S/C22H22FN3O/c1-3-12-26(22(27)19-7-9-20(23)10-8-19)16-21-24-11-13-25(21)15-18-6-4-5-17(2)14-18/h3-11,13-14H,1,12,15-16H2,2H3. The lowest BCUT2D eigenvalue weighted by Gasteiger charge is -2.21. The van der Waals surface area contributed by atoms with E-state index in [1.165, 1.54) is 35.4 Å². The van der Waals surface area contributed by atoms with Crippen molar-refractivity contribution < 1.29 is 9.18 Å². The summed E-state index contributed by atoms with van der Waals surface area (Å²) in [6, 6.07) is 13.9. The molecule has 0 bridgehead atoms. The molecule has 1 aromatic heterocycles. The first-order valence-corrected chi connectivity index (χ1v) is 8.78. The number of hydrogen-bond donors (Lipinski definition) is 0. The normalized spacial score (nSPS) is 10.6. The van der Waals surface area contributed by atoms with E-state index in [0.29, 0.717) is 25.2 Å². The summed E-state index contributed by atoms with van der Waals surface area (Å²) in [5.74, 6) is 0.240. The smallest absolute Gasteiger partial charge is 0.254 e. The van der Waals surface area contributed by atoms with Gasteiger partial charge < -0.3 is 9.47 Å². The second-order valence-electron chi connectivity index (χ2n) is 6.44. The minimum Gasteiger partial charge on any atom is -0.329 e. The van der Waals surface area contributed by atoms with Crippen LogP contribution >= 0.6 is 0 Å². The molecule has 3 aromatic rings. The van der Waals surface area contributed by atoms with E-state index in [2.05, 4.69) is 36.7 Å². The van der Waals surface area contributed by atoms with Crippen LogP contribution in [0.25, 0.3) is 0 Å². The Balaban J connectivity index is 1.79. The van der Waals surface area contributed by atoms with Crippen LogP contribution in [0.2, 0.25) is 0 Å². The molecule has 138 valence electrons. The molecule has 5 heteroatoms. The molecule has 0 saturated carbocycles. The van der Waals surface area contributed by atoms with Gasteiger partial charge in [0.15, 0.2) is 0 Å². The van der Waals surface area contributed by atoms with Crippen molar-refractivity contribution >= 4 is 5.91 Å². The quantitative estimate of drug-likeness (QED) is 0.590. The van der Waals surface area contributed by atoms with Gasteiger partial charge in [-0.2, -0.15) is 0 Å². The zero-order valence-corrected chi connectivity index (χ0v) is 15.3. The van der Waals surface area contributed by atoms with Crippen LogP contribution in [0.3, 0.4) is 0 Å². The molecule has 0 radical (unpaired) electrons. The number of carbonyl (C=O) groups is 1. The molecule has 3 rings (SSSR count). The maximum absolute atomic E-state index is 13.1. The van der Waals surface area contributed by atoms with E-state index in [9.17, 15) is 9.18 Å². The average molecular weight is 363 g/mol. The van der Waals surface area contributed by atoms with E-state index in [1.54, 1.807) is 17.2 Å². The van der Waals surface area contributed by atoms with Crippen molar-refractivity contribution in [1.29, 1.82) is 0 Å². The topological polar surface area (TPSA) is 38.1 Å². The molecule has 0 spiro atoms. The van der Waals surface area contributed by atoms with Gasteiger partial charge in [0.1, 0.15) is 11.6 Å². The number of aromatic nitrogens is 2. The van der Waals surface area contributed by atoms with Crippen LogP contribution in [0, 0.1) is 12.7 Å². The summed E-state index contributed by atoms with van der Waals surface area (Å²) in [4.78, 5) is 18.9. The second kappa shape index (κ2) is 8.45. The van der Waals surface area contributed by atoms with Gasteiger partial charge in [0.25, 0.3) is 5.91 Å². The summed E-state index contributed by atoms with van der Waals surface area (Å²) in [6.07, 6.45) is 5.32. The molecule has 0 aliphatic carbocycles. The lowest BCUT2D eigenvalue weighted by atomic mass is 10.1. The lowest BCUT2D eigenvalue weighted by Crippen LogP contribution is -2.32. The molecule has 0 N–H and O–H groups in total. The van der Waals surface area contributed by atoms with Gasteiger partial charge in [-0.05, 0) is 36.8 Å². The van der Waals surface area contributed by atoms with E-state index < -0.39 is 0 Å². The fourth-order valence-electron chi connectivity index (χ4n) is 2.96. The third-order valence-corrected chi connectivity index (χ3v) is 4.30. The second-order valence-corrected chi connectivity index (χ2v) is 6.44. The van der Waals surface area contributed by atoms with Crippen molar-refractivity contribution in [2.24, 2.45) is 0 Å². The van der Waals surface area contributed by atoms with Gasteiger partial charge in [-0.15, -0.1) is 6.58 Å². The van der Waals surface area contributed by atoms with Crippen molar-refractivity contribution in [2.45, 2.75) is 20.0 Å². The van der Waals surface area contributed by atoms with Crippen molar-refractivity contribution in [3.05, 3.63) is 102 Å². The number of hydrogen-bond acceptors (Lipinski definition) is 2. The molecule has 4 nitrogen and oxygen atoms in total. The maximum Gasteiger partial charge on any atom is 0.254 e. The summed E-state index contributed by atoms with van der Waals surface area (Å²) in [6.45, 7) is 7.21. The van der Waals surface area contributed by atoms with Crippen LogP contribution in [-0.4, -0.2) is 26.9 Å². The molecule has 27 heavy (non-hydrogen) atoms. The number of imidazole rings is 1. The van der Waals surface area contributed by atoms with E-state index in [0.717, 1.165) is 5.82 Å². The van der Waals surface area contributed by atoms with Gasteiger partial charge in [0, 0.05) is 31.0 Å². The van der Waals surface area contributed by atoms with Crippen molar-refractivity contribution in [2.75, 3.05) is 6.54 Å². The number of amides is 1. The highest BCUT2D eigenvalue weighted by atomic mass is 19.1. The molecule has 0 unspecified atom stereocenters. The third kappa shape index (κ3) is 4.70. The summed E-state index contributed by atoms with van der Waals surface area (Å²) < 4.78 is 15.2. The Morgan fingerprint density at radius 1 is 1.26 bits per heavy atom. The van der Waals surface area contributed by atoms with Gasteiger partial charge in [-0.3, -0.25) is 4.79 Å². The van der Waals surface area contributed by atoms with Gasteiger partial charge in [-0.25, -0.2) is 9.37 Å². The molecule has 2 aromatic carbocycles. The molecular weight excluding hydrogens is 341 g/mol. The Morgan fingerprint density at radius 3 is 2.74 bits per heavy atom. The van der Waals surface area contributed by atoms with E-state index in [1.807, 2.05) is 16.8 Å². The van der Waals surface area contributed by atoms with Crippen LogP contribution in [0.15, 0.2) is 73.6 Å². The molecule has 0 fully saturated rings. The summed E-state index contributed by atoms with van der Waals surface area (Å²) >= 11 is 0. The SMILES string of the molecule is C=CCN(Cc1nccn1Cc1cccc(C)c1)C(=O)c1ccc(F)cc1. The number of benzene rings is 2. The Bertz CT molecular complexity index is 931. The monoisotopic (exact) mass is 363 g/mol. The zero-order valence-electron chi connectivity index (χ0n) is 15.3. The average Bonchev–Trinajstić information content (AvgIpc) is 3.08. The lowest BCUT2D eigenvalue weighted by molar-refractivity contribution is 0.0757. The fourth-order valence-corrected chi connectivity index (χ4v) is 2.96. The van der Waals surface area contributed by atoms with E-state index in [4.69, 9.17) is 0 Å². The number of nitrogens with zero attached hydrogens (tertiary/aromatic N) is 3. The maximum atomic E-state index is 13.1. The Hall–Kier alpha value is -3.21. The first kappa shape index (κ1) is 18.6. The van der Waals surface area contributed by atoms with Crippen molar-refractivity contribution in [3.63, 3.8) is 0 Å². The highest BCUT2D eigenvalue weighted by molar-refractivity contribution is 5.94. The highest BCUT2D eigenvalue weighted by Gasteiger charge is 2.17. The minimum atomic E-state index is -0.365. The van der Waals surface area contributed by atoms with Crippen LogP contribution in [0.4, 0.5) is 4.39 Å². The number of carbonyl (C=O) groups excluding carboxylic acids is 1. The van der Waals surface area contributed by atoms with Crippen LogP contribution in [0.1, 0.15) is 27.3 Å². The van der Waals surface area contributed by atoms with E-state index in [-0.39, 0.29) is 11.7 Å². The first-order chi connectivity index (χ1) is 13.1. The number of halogens is 1. The minimum absolute atomic E-state index is 0.181. The molecule has 1 amide bonds. The Morgan fingerprint density at radius 2 is 2.04 bits per heavy atom.